The van der Waals surface area contributed by atoms with E-state index in [9.17, 15) is 4.79 Å². The van der Waals surface area contributed by atoms with E-state index < -0.39 is 0 Å². The van der Waals surface area contributed by atoms with E-state index in [0.717, 1.165) is 52.3 Å². The zero-order valence-corrected chi connectivity index (χ0v) is 20.0. The SMILES string of the molecule is CNC(=O)c1ccnc2c(C(C)CCNc3cc(-c4ccc(NC5CC5)nc4)ncn3)cccc12. The van der Waals surface area contributed by atoms with Gasteiger partial charge >= 0.3 is 0 Å². The summed E-state index contributed by atoms with van der Waals surface area (Å²) in [5.74, 6) is 1.83. The Labute approximate surface area is 204 Å². The zero-order chi connectivity index (χ0) is 24.2. The normalized spacial score (nSPS) is 13.9. The minimum Gasteiger partial charge on any atom is -0.370 e. The standard InChI is InChI=1S/C27H29N7O/c1-17(20-4-3-5-21-22(27(35)28-2)11-13-30-26(20)21)10-12-29-25-14-23(32-16-33-25)18-6-9-24(31-15-18)34-19-7-8-19/h3-6,9,11,13-17,19H,7-8,10,12H2,1-2H3,(H,28,35)(H,31,34)(H,29,32,33). The van der Waals surface area contributed by atoms with Crippen LogP contribution in [0.3, 0.4) is 0 Å². The lowest BCUT2D eigenvalue weighted by molar-refractivity contribution is 0.0964. The first-order valence-electron chi connectivity index (χ1n) is 12.0. The van der Waals surface area contributed by atoms with Gasteiger partial charge in [0.15, 0.2) is 0 Å². The van der Waals surface area contributed by atoms with Crippen LogP contribution in [0.5, 0.6) is 0 Å². The van der Waals surface area contributed by atoms with E-state index in [1.165, 1.54) is 12.8 Å². The van der Waals surface area contributed by atoms with Crippen molar-refractivity contribution in [3.8, 4) is 11.3 Å². The highest BCUT2D eigenvalue weighted by molar-refractivity contribution is 6.06. The number of para-hydroxylation sites is 1. The summed E-state index contributed by atoms with van der Waals surface area (Å²) >= 11 is 0. The average Bonchev–Trinajstić information content (AvgIpc) is 3.72. The van der Waals surface area contributed by atoms with Crippen molar-refractivity contribution in [3.63, 3.8) is 0 Å². The number of nitrogens with one attached hydrogen (secondary N) is 3. The Balaban J connectivity index is 1.24. The summed E-state index contributed by atoms with van der Waals surface area (Å²) in [6, 6.07) is 14.4. The quantitative estimate of drug-likeness (QED) is 0.330. The molecule has 5 rings (SSSR count). The van der Waals surface area contributed by atoms with Crippen LogP contribution in [0.1, 0.15) is 48.0 Å². The smallest absolute Gasteiger partial charge is 0.251 e. The van der Waals surface area contributed by atoms with Crippen molar-refractivity contribution >= 4 is 28.4 Å². The van der Waals surface area contributed by atoms with Crippen LogP contribution in [0, 0.1) is 0 Å². The molecule has 1 fully saturated rings. The van der Waals surface area contributed by atoms with E-state index >= 15 is 0 Å². The molecule has 0 saturated heterocycles. The van der Waals surface area contributed by atoms with E-state index in [1.807, 2.05) is 36.5 Å². The Morgan fingerprint density at radius 2 is 1.94 bits per heavy atom. The lowest BCUT2D eigenvalue weighted by Gasteiger charge is -2.16. The van der Waals surface area contributed by atoms with Crippen molar-refractivity contribution in [1.29, 1.82) is 0 Å². The number of hydrogen-bond donors (Lipinski definition) is 3. The van der Waals surface area contributed by atoms with Crippen LogP contribution in [-0.2, 0) is 0 Å². The maximum Gasteiger partial charge on any atom is 0.251 e. The van der Waals surface area contributed by atoms with E-state index in [-0.39, 0.29) is 11.8 Å². The molecule has 1 aromatic carbocycles. The first-order chi connectivity index (χ1) is 17.1. The number of aromatic nitrogens is 4. The summed E-state index contributed by atoms with van der Waals surface area (Å²) in [6.45, 7) is 2.92. The molecule has 3 aromatic heterocycles. The number of carbonyl (C=O) groups is 1. The van der Waals surface area contributed by atoms with Gasteiger partial charge in [0.25, 0.3) is 5.91 Å². The molecule has 3 N–H and O–H groups in total. The number of hydrogen-bond acceptors (Lipinski definition) is 7. The maximum absolute atomic E-state index is 12.3. The van der Waals surface area contributed by atoms with Gasteiger partial charge < -0.3 is 16.0 Å². The van der Waals surface area contributed by atoms with Crippen molar-refractivity contribution < 1.29 is 4.79 Å². The fraction of sp³-hybridized carbons (Fsp3) is 0.296. The van der Waals surface area contributed by atoms with Crippen LogP contribution < -0.4 is 16.0 Å². The predicted octanol–water partition coefficient (Wildman–Crippen LogP) is 4.63. The Hall–Kier alpha value is -4.07. The van der Waals surface area contributed by atoms with Gasteiger partial charge in [0.1, 0.15) is 18.0 Å². The number of fused-ring (bicyclic) bond motifs is 1. The van der Waals surface area contributed by atoms with Crippen molar-refractivity contribution in [1.82, 2.24) is 25.3 Å². The Bertz CT molecular complexity index is 1340. The highest BCUT2D eigenvalue weighted by Gasteiger charge is 2.21. The van der Waals surface area contributed by atoms with Crippen molar-refractivity contribution in [3.05, 3.63) is 72.3 Å². The molecule has 1 aliphatic carbocycles. The molecule has 1 saturated carbocycles. The number of anilines is 2. The second-order valence-corrected chi connectivity index (χ2v) is 8.94. The van der Waals surface area contributed by atoms with Gasteiger partial charge in [-0.1, -0.05) is 25.1 Å². The van der Waals surface area contributed by atoms with Crippen LogP contribution in [0.25, 0.3) is 22.2 Å². The fourth-order valence-electron chi connectivity index (χ4n) is 4.18. The van der Waals surface area contributed by atoms with Crippen LogP contribution >= 0.6 is 0 Å². The van der Waals surface area contributed by atoms with Gasteiger partial charge in [0.05, 0.1) is 16.8 Å². The molecule has 0 radical (unpaired) electrons. The highest BCUT2D eigenvalue weighted by atomic mass is 16.1. The van der Waals surface area contributed by atoms with Gasteiger partial charge in [0, 0.05) is 49.0 Å². The summed E-state index contributed by atoms with van der Waals surface area (Å²) in [7, 11) is 1.64. The van der Waals surface area contributed by atoms with Gasteiger partial charge in [-0.05, 0) is 48.9 Å². The van der Waals surface area contributed by atoms with E-state index in [0.29, 0.717) is 11.6 Å². The summed E-state index contributed by atoms with van der Waals surface area (Å²) in [5, 5.41) is 10.4. The topological polar surface area (TPSA) is 105 Å². The molecular weight excluding hydrogens is 438 g/mol. The summed E-state index contributed by atoms with van der Waals surface area (Å²) < 4.78 is 0. The maximum atomic E-state index is 12.3. The third-order valence-electron chi connectivity index (χ3n) is 6.34. The Morgan fingerprint density at radius 3 is 2.71 bits per heavy atom. The third kappa shape index (κ3) is 5.21. The first-order valence-corrected chi connectivity index (χ1v) is 12.0. The summed E-state index contributed by atoms with van der Waals surface area (Å²) in [5.41, 5.74) is 4.44. The average molecular weight is 468 g/mol. The van der Waals surface area contributed by atoms with E-state index in [1.54, 1.807) is 25.6 Å². The molecule has 3 heterocycles. The van der Waals surface area contributed by atoms with Gasteiger partial charge in [0.2, 0.25) is 0 Å². The molecule has 178 valence electrons. The Kier molecular flexibility index (Phi) is 6.52. The number of carbonyl (C=O) groups excluding carboxylic acids is 1. The van der Waals surface area contributed by atoms with Gasteiger partial charge in [-0.3, -0.25) is 9.78 Å². The first kappa shape index (κ1) is 22.7. The largest absolute Gasteiger partial charge is 0.370 e. The van der Waals surface area contributed by atoms with Gasteiger partial charge in [-0.2, -0.15) is 0 Å². The van der Waals surface area contributed by atoms with Crippen LogP contribution in [0.4, 0.5) is 11.6 Å². The van der Waals surface area contributed by atoms with Gasteiger partial charge in [-0.15, -0.1) is 0 Å². The number of pyridine rings is 2. The number of benzene rings is 1. The number of nitrogens with zero attached hydrogens (tertiary/aromatic N) is 4. The minimum absolute atomic E-state index is 0.104. The predicted molar refractivity (Wildman–Crippen MR) is 139 cm³/mol. The molecule has 0 spiro atoms. The molecular formula is C27H29N7O. The van der Waals surface area contributed by atoms with Crippen molar-refractivity contribution in [2.45, 2.75) is 38.1 Å². The summed E-state index contributed by atoms with van der Waals surface area (Å²) in [4.78, 5) is 30.1. The molecule has 0 bridgehead atoms. The molecule has 1 aliphatic rings. The molecule has 8 nitrogen and oxygen atoms in total. The van der Waals surface area contributed by atoms with Crippen molar-refractivity contribution in [2.75, 3.05) is 24.2 Å². The second kappa shape index (κ2) is 10.0. The summed E-state index contributed by atoms with van der Waals surface area (Å²) in [6.07, 6.45) is 8.45. The van der Waals surface area contributed by atoms with Crippen LogP contribution in [0.2, 0.25) is 0 Å². The molecule has 1 atom stereocenters. The molecule has 8 heteroatoms. The zero-order valence-electron chi connectivity index (χ0n) is 20.0. The lowest BCUT2D eigenvalue weighted by Crippen LogP contribution is -2.18. The number of amides is 1. The molecule has 4 aromatic rings. The number of rotatable bonds is 9. The van der Waals surface area contributed by atoms with E-state index in [2.05, 4.69) is 48.9 Å². The fourth-order valence-corrected chi connectivity index (χ4v) is 4.18. The second-order valence-electron chi connectivity index (χ2n) is 8.94. The lowest BCUT2D eigenvalue weighted by atomic mass is 9.94. The molecule has 1 amide bonds. The van der Waals surface area contributed by atoms with Crippen molar-refractivity contribution in [2.24, 2.45) is 0 Å². The molecule has 1 unspecified atom stereocenters. The monoisotopic (exact) mass is 467 g/mol. The molecule has 35 heavy (non-hydrogen) atoms. The van der Waals surface area contributed by atoms with Gasteiger partial charge in [-0.25, -0.2) is 15.0 Å². The third-order valence-corrected chi connectivity index (χ3v) is 6.34. The van der Waals surface area contributed by atoms with Crippen LogP contribution in [-0.4, -0.2) is 45.5 Å². The Morgan fingerprint density at radius 1 is 1.06 bits per heavy atom. The minimum atomic E-state index is -0.104. The molecule has 0 aliphatic heterocycles. The highest BCUT2D eigenvalue weighted by Crippen LogP contribution is 2.28. The van der Waals surface area contributed by atoms with E-state index in [4.69, 9.17) is 0 Å². The van der Waals surface area contributed by atoms with Crippen LogP contribution in [0.15, 0.2) is 61.2 Å².